The molecule has 1 aliphatic heterocycles. The van der Waals surface area contributed by atoms with Crippen molar-refractivity contribution < 1.29 is 14.9 Å². The molecule has 38 heavy (non-hydrogen) atoms. The summed E-state index contributed by atoms with van der Waals surface area (Å²) >= 11 is 0. The van der Waals surface area contributed by atoms with Gasteiger partial charge in [0.25, 0.3) is 0 Å². The summed E-state index contributed by atoms with van der Waals surface area (Å²) in [5.41, 5.74) is 11.5. The molecule has 0 amide bonds. The predicted molar refractivity (Wildman–Crippen MR) is 151 cm³/mol. The molecule has 0 aliphatic carbocycles. The Bertz CT molecular complexity index is 1460. The van der Waals surface area contributed by atoms with Crippen LogP contribution in [0, 0.1) is 5.92 Å². The summed E-state index contributed by atoms with van der Waals surface area (Å²) in [4.78, 5) is 4.90. The Balaban J connectivity index is 1.87. The zero-order valence-corrected chi connectivity index (χ0v) is 22.3. The van der Waals surface area contributed by atoms with E-state index in [9.17, 15) is 10.2 Å². The van der Waals surface area contributed by atoms with Gasteiger partial charge in [0.05, 0.1) is 46.2 Å². The summed E-state index contributed by atoms with van der Waals surface area (Å²) in [6.07, 6.45) is 3.63. The molecule has 3 heterocycles. The number of hydrazine groups is 1. The summed E-state index contributed by atoms with van der Waals surface area (Å²) in [6, 6.07) is 18.7. The maximum atomic E-state index is 10.9. The van der Waals surface area contributed by atoms with Crippen LogP contribution in [0.5, 0.6) is 0 Å². The van der Waals surface area contributed by atoms with Gasteiger partial charge in [-0.05, 0) is 55.9 Å². The summed E-state index contributed by atoms with van der Waals surface area (Å²) in [6.45, 7) is 4.73. The maximum absolute atomic E-state index is 10.9. The van der Waals surface area contributed by atoms with E-state index in [1.807, 2.05) is 18.2 Å². The van der Waals surface area contributed by atoms with Crippen LogP contribution in [0.3, 0.4) is 0 Å². The second kappa shape index (κ2) is 10.4. The molecule has 2 aromatic heterocycles. The number of nitrogens with two attached hydrogens (primary N) is 2. The largest absolute Gasteiger partial charge is 0.398 e. The summed E-state index contributed by atoms with van der Waals surface area (Å²) < 4.78 is 8.11. The monoisotopic (exact) mass is 515 g/mol. The van der Waals surface area contributed by atoms with Crippen LogP contribution in [-0.2, 0) is 10.3 Å². The number of aliphatic hydroxyl groups excluding tert-OH is 1. The van der Waals surface area contributed by atoms with Gasteiger partial charge in [-0.25, -0.2) is 5.84 Å². The van der Waals surface area contributed by atoms with Crippen LogP contribution < -0.4 is 11.6 Å². The highest BCUT2D eigenvalue weighted by atomic mass is 16.5. The zero-order valence-electron chi connectivity index (χ0n) is 22.3. The van der Waals surface area contributed by atoms with E-state index in [1.165, 1.54) is 10.6 Å². The molecule has 0 spiro atoms. The third-order valence-electron chi connectivity index (χ3n) is 7.58. The molecule has 1 saturated heterocycles. The average Bonchev–Trinajstić information content (AvgIpc) is 3.22. The highest BCUT2D eigenvalue weighted by molar-refractivity contribution is 6.06. The Hall–Kier alpha value is -3.43. The lowest BCUT2D eigenvalue weighted by atomic mass is 9.86. The van der Waals surface area contributed by atoms with E-state index in [0.717, 1.165) is 59.1 Å². The topological polar surface area (TPSA) is 123 Å². The molecule has 8 heteroatoms. The number of benzene rings is 2. The minimum atomic E-state index is -0.997. The Morgan fingerprint density at radius 1 is 1.13 bits per heavy atom. The molecule has 2 aromatic carbocycles. The summed E-state index contributed by atoms with van der Waals surface area (Å²) in [7, 11) is 1.70. The lowest BCUT2D eigenvalue weighted by Crippen LogP contribution is -2.28. The van der Waals surface area contributed by atoms with Crippen LogP contribution in [0.2, 0.25) is 0 Å². The van der Waals surface area contributed by atoms with Crippen LogP contribution in [0.4, 0.5) is 0 Å². The number of aromatic nitrogens is 2. The van der Waals surface area contributed by atoms with Crippen LogP contribution >= 0.6 is 0 Å². The average molecular weight is 516 g/mol. The Morgan fingerprint density at radius 3 is 2.47 bits per heavy atom. The van der Waals surface area contributed by atoms with Crippen molar-refractivity contribution in [1.29, 1.82) is 0 Å². The van der Waals surface area contributed by atoms with Crippen molar-refractivity contribution in [3.05, 3.63) is 83.2 Å². The molecule has 4 aromatic rings. The summed E-state index contributed by atoms with van der Waals surface area (Å²) in [5.74, 6) is 6.49. The van der Waals surface area contributed by atoms with E-state index in [2.05, 4.69) is 41.0 Å². The van der Waals surface area contributed by atoms with Gasteiger partial charge in [-0.3, -0.25) is 4.98 Å². The molecule has 6 N–H and O–H groups in total. The molecular weight excluding hydrogens is 478 g/mol. The molecule has 1 atom stereocenters. The van der Waals surface area contributed by atoms with Gasteiger partial charge < -0.3 is 30.3 Å². The quantitative estimate of drug-likeness (QED) is 0.218. The molecule has 5 rings (SSSR count). The van der Waals surface area contributed by atoms with Gasteiger partial charge in [0.1, 0.15) is 0 Å². The van der Waals surface area contributed by atoms with E-state index in [-0.39, 0.29) is 18.3 Å². The number of hydrogen-bond donors (Lipinski definition) is 4. The van der Waals surface area contributed by atoms with Gasteiger partial charge in [0.2, 0.25) is 0 Å². The molecule has 0 bridgehead atoms. The van der Waals surface area contributed by atoms with Crippen LogP contribution in [0.25, 0.3) is 27.6 Å². The minimum absolute atomic E-state index is 0.0208. The lowest BCUT2D eigenvalue weighted by Gasteiger charge is -2.33. The van der Waals surface area contributed by atoms with Gasteiger partial charge in [-0.15, -0.1) is 0 Å². The van der Waals surface area contributed by atoms with E-state index < -0.39 is 5.60 Å². The third-order valence-corrected chi connectivity index (χ3v) is 7.58. The number of ether oxygens (including phenoxy) is 1. The van der Waals surface area contributed by atoms with E-state index in [1.54, 1.807) is 27.1 Å². The standard InChI is InChI=1S/C30H37N5O3/c1-30(2,37)22-9-10-23-25(16-22)35(28(19-7-5-4-6-8-19)20-11-13-38-14-12-20)26-15-21(17-33-27(23)26)29(34(3)32)24(31)18-36/h4-10,15-17,20,28,36-37H,11-14,18,31-32H2,1-3H3/b29-24-. The second-order valence-electron chi connectivity index (χ2n) is 10.7. The first-order valence-corrected chi connectivity index (χ1v) is 13.1. The van der Waals surface area contributed by atoms with E-state index in [4.69, 9.17) is 21.3 Å². The van der Waals surface area contributed by atoms with Crippen molar-refractivity contribution in [2.24, 2.45) is 17.5 Å². The van der Waals surface area contributed by atoms with Crippen molar-refractivity contribution in [3.8, 4) is 0 Å². The highest BCUT2D eigenvalue weighted by Crippen LogP contribution is 2.41. The Kier molecular flexibility index (Phi) is 7.15. The van der Waals surface area contributed by atoms with Crippen molar-refractivity contribution >= 4 is 27.6 Å². The Labute approximate surface area is 223 Å². The predicted octanol–water partition coefficient (Wildman–Crippen LogP) is 3.86. The first-order chi connectivity index (χ1) is 18.2. The number of nitrogens with zero attached hydrogens (tertiary/aromatic N) is 3. The van der Waals surface area contributed by atoms with Gasteiger partial charge >= 0.3 is 0 Å². The number of hydrogen-bond acceptors (Lipinski definition) is 7. The maximum Gasteiger partial charge on any atom is 0.0960 e. The molecular formula is C30H37N5O3. The number of aliphatic hydroxyl groups is 2. The van der Waals surface area contributed by atoms with Crippen molar-refractivity contribution in [2.45, 2.75) is 38.3 Å². The molecule has 200 valence electrons. The fourth-order valence-electron chi connectivity index (χ4n) is 5.72. The van der Waals surface area contributed by atoms with Crippen LogP contribution in [0.15, 0.2) is 66.5 Å². The van der Waals surface area contributed by atoms with Gasteiger partial charge in [0.15, 0.2) is 0 Å². The minimum Gasteiger partial charge on any atom is -0.398 e. The highest BCUT2D eigenvalue weighted by Gasteiger charge is 2.31. The number of pyridine rings is 1. The van der Waals surface area contributed by atoms with Gasteiger partial charge in [-0.1, -0.05) is 42.5 Å². The molecule has 0 radical (unpaired) electrons. The van der Waals surface area contributed by atoms with E-state index >= 15 is 0 Å². The first-order valence-electron chi connectivity index (χ1n) is 13.1. The van der Waals surface area contributed by atoms with Gasteiger partial charge in [0, 0.05) is 37.4 Å². The van der Waals surface area contributed by atoms with Crippen LogP contribution in [-0.4, -0.2) is 51.6 Å². The molecule has 1 fully saturated rings. The number of fused-ring (bicyclic) bond motifs is 3. The second-order valence-corrected chi connectivity index (χ2v) is 10.7. The number of rotatable bonds is 7. The SMILES string of the molecule is CN(N)/C(=C(\N)CO)c1cnc2c3ccc(C(C)(C)O)cc3n(C(c3ccccc3)C3CCOCC3)c2c1. The van der Waals surface area contributed by atoms with Gasteiger partial charge in [-0.2, -0.15) is 0 Å². The Morgan fingerprint density at radius 2 is 1.84 bits per heavy atom. The zero-order chi connectivity index (χ0) is 27.0. The van der Waals surface area contributed by atoms with Crippen molar-refractivity contribution in [3.63, 3.8) is 0 Å². The van der Waals surface area contributed by atoms with Crippen molar-refractivity contribution in [1.82, 2.24) is 14.6 Å². The molecule has 1 aliphatic rings. The first kappa shape index (κ1) is 26.2. The van der Waals surface area contributed by atoms with Crippen LogP contribution in [0.1, 0.15) is 49.4 Å². The normalized spacial score (nSPS) is 16.6. The van der Waals surface area contributed by atoms with Crippen molar-refractivity contribution in [2.75, 3.05) is 26.9 Å². The molecule has 0 saturated carbocycles. The smallest absolute Gasteiger partial charge is 0.0960 e. The molecule has 8 nitrogen and oxygen atoms in total. The fourth-order valence-corrected chi connectivity index (χ4v) is 5.72. The third kappa shape index (κ3) is 4.76. The lowest BCUT2D eigenvalue weighted by molar-refractivity contribution is 0.0552. The summed E-state index contributed by atoms with van der Waals surface area (Å²) in [5, 5.41) is 23.1. The van der Waals surface area contributed by atoms with E-state index in [0.29, 0.717) is 11.6 Å². The molecule has 1 unspecified atom stereocenters. The fraction of sp³-hybridized carbons (Fsp3) is 0.367.